The Morgan fingerprint density at radius 2 is 2.05 bits per heavy atom. The number of aryl methyl sites for hydroxylation is 1. The number of halogens is 1. The molecular formula is C13H14BrN5OS. The second-order valence-corrected chi connectivity index (χ2v) is 5.52. The van der Waals surface area contributed by atoms with Crippen LogP contribution < -0.4 is 16.4 Å². The number of primary amides is 1. The summed E-state index contributed by atoms with van der Waals surface area (Å²) in [5.41, 5.74) is 6.79. The Hall–Kier alpha value is -1.93. The summed E-state index contributed by atoms with van der Waals surface area (Å²) in [5, 5.41) is 10.4. The van der Waals surface area contributed by atoms with E-state index >= 15 is 0 Å². The molecule has 0 fully saturated rings. The lowest BCUT2D eigenvalue weighted by Crippen LogP contribution is -2.21. The van der Waals surface area contributed by atoms with E-state index in [-0.39, 0.29) is 5.69 Å². The van der Waals surface area contributed by atoms with Gasteiger partial charge in [-0.3, -0.25) is 9.48 Å². The Morgan fingerprint density at radius 1 is 1.38 bits per heavy atom. The average molecular weight is 368 g/mol. The lowest BCUT2D eigenvalue weighted by atomic mass is 10.3. The molecule has 0 aliphatic rings. The minimum atomic E-state index is -0.601. The van der Waals surface area contributed by atoms with Crippen molar-refractivity contribution in [3.8, 4) is 0 Å². The lowest BCUT2D eigenvalue weighted by molar-refractivity contribution is 0.0995. The Kier molecular flexibility index (Phi) is 4.92. The van der Waals surface area contributed by atoms with Gasteiger partial charge in [-0.05, 0) is 43.4 Å². The van der Waals surface area contributed by atoms with Crippen molar-refractivity contribution in [1.82, 2.24) is 9.78 Å². The molecule has 6 nitrogen and oxygen atoms in total. The molecule has 0 saturated carbocycles. The van der Waals surface area contributed by atoms with Gasteiger partial charge in [0.2, 0.25) is 0 Å². The maximum absolute atomic E-state index is 11.4. The quantitative estimate of drug-likeness (QED) is 0.723. The van der Waals surface area contributed by atoms with Crippen molar-refractivity contribution in [2.24, 2.45) is 5.73 Å². The summed E-state index contributed by atoms with van der Waals surface area (Å²) < 4.78 is 2.59. The molecular weight excluding hydrogens is 354 g/mol. The van der Waals surface area contributed by atoms with E-state index in [1.54, 1.807) is 10.9 Å². The van der Waals surface area contributed by atoms with Gasteiger partial charge in [-0.2, -0.15) is 5.10 Å². The molecule has 110 valence electrons. The number of anilines is 2. The van der Waals surface area contributed by atoms with Gasteiger partial charge in [0.15, 0.2) is 10.8 Å². The second-order valence-electron chi connectivity index (χ2n) is 4.20. The topological polar surface area (TPSA) is 85.0 Å². The van der Waals surface area contributed by atoms with Crippen molar-refractivity contribution >= 4 is 50.5 Å². The Bertz CT molecular complexity index is 668. The number of hydrogen-bond donors (Lipinski definition) is 3. The second kappa shape index (κ2) is 6.68. The third-order valence-corrected chi connectivity index (χ3v) is 3.40. The molecule has 8 heteroatoms. The van der Waals surface area contributed by atoms with Crippen molar-refractivity contribution in [2.45, 2.75) is 13.5 Å². The molecule has 1 aromatic carbocycles. The number of nitrogens with zero attached hydrogens (tertiary/aromatic N) is 2. The van der Waals surface area contributed by atoms with Crippen molar-refractivity contribution in [1.29, 1.82) is 0 Å². The number of nitrogens with one attached hydrogen (secondary N) is 2. The molecule has 4 N–H and O–H groups in total. The molecule has 0 radical (unpaired) electrons. The molecule has 2 aromatic rings. The van der Waals surface area contributed by atoms with Crippen LogP contribution in [-0.4, -0.2) is 20.8 Å². The molecule has 0 aliphatic heterocycles. The van der Waals surface area contributed by atoms with E-state index in [1.807, 2.05) is 31.2 Å². The predicted molar refractivity (Wildman–Crippen MR) is 90.4 cm³/mol. The zero-order chi connectivity index (χ0) is 15.4. The molecule has 0 spiro atoms. The number of benzene rings is 1. The summed E-state index contributed by atoms with van der Waals surface area (Å²) in [6.07, 6.45) is 1.69. The Balaban J connectivity index is 2.10. The zero-order valence-corrected chi connectivity index (χ0v) is 13.7. The number of carbonyl (C=O) groups is 1. The number of hydrogen-bond acceptors (Lipinski definition) is 3. The predicted octanol–water partition coefficient (Wildman–Crippen LogP) is 2.57. The van der Waals surface area contributed by atoms with Crippen molar-refractivity contribution in [3.63, 3.8) is 0 Å². The highest BCUT2D eigenvalue weighted by atomic mass is 79.9. The molecule has 1 amide bonds. The van der Waals surface area contributed by atoms with Crippen molar-refractivity contribution in [3.05, 3.63) is 40.6 Å². The first-order valence-electron chi connectivity index (χ1n) is 6.20. The maximum Gasteiger partial charge on any atom is 0.271 e. The van der Waals surface area contributed by atoms with Crippen LogP contribution in [0.4, 0.5) is 11.4 Å². The molecule has 0 aliphatic carbocycles. The molecule has 1 aromatic heterocycles. The van der Waals surface area contributed by atoms with Gasteiger partial charge in [-0.15, -0.1) is 0 Å². The molecule has 0 bridgehead atoms. The number of rotatable bonds is 4. The van der Waals surface area contributed by atoms with Crippen LogP contribution in [0, 0.1) is 0 Å². The van der Waals surface area contributed by atoms with E-state index in [1.165, 1.54) is 0 Å². The number of aromatic nitrogens is 2. The number of nitrogens with two attached hydrogens (primary N) is 1. The highest BCUT2D eigenvalue weighted by Gasteiger charge is 2.14. The third-order valence-electron chi connectivity index (χ3n) is 2.67. The first-order valence-corrected chi connectivity index (χ1v) is 7.40. The monoisotopic (exact) mass is 367 g/mol. The molecule has 0 atom stereocenters. The van der Waals surface area contributed by atoms with Gasteiger partial charge in [0, 0.05) is 22.9 Å². The van der Waals surface area contributed by atoms with E-state index < -0.39 is 5.91 Å². The van der Waals surface area contributed by atoms with Crippen LogP contribution in [0.1, 0.15) is 17.4 Å². The lowest BCUT2D eigenvalue weighted by Gasteiger charge is -2.09. The fourth-order valence-corrected chi connectivity index (χ4v) is 2.17. The van der Waals surface area contributed by atoms with Crippen LogP contribution in [-0.2, 0) is 6.54 Å². The number of amides is 1. The fourth-order valence-electron chi connectivity index (χ4n) is 1.67. The standard InChI is InChI=1S/C13H14BrN5OS/c1-2-19-7-10(11(18-19)12(15)20)17-13(21)16-9-5-3-8(14)4-6-9/h3-7H,2H2,1H3,(H2,15,20)(H2,16,17,21). The molecule has 0 saturated heterocycles. The van der Waals surface area contributed by atoms with Crippen LogP contribution in [0.5, 0.6) is 0 Å². The van der Waals surface area contributed by atoms with E-state index in [0.29, 0.717) is 17.3 Å². The van der Waals surface area contributed by atoms with Crippen molar-refractivity contribution < 1.29 is 4.79 Å². The highest BCUT2D eigenvalue weighted by molar-refractivity contribution is 9.10. The molecule has 0 unspecified atom stereocenters. The van der Waals surface area contributed by atoms with Gasteiger partial charge >= 0.3 is 0 Å². The average Bonchev–Trinajstić information content (AvgIpc) is 2.84. The van der Waals surface area contributed by atoms with Crippen LogP contribution in [0.3, 0.4) is 0 Å². The minimum absolute atomic E-state index is 0.164. The van der Waals surface area contributed by atoms with Crippen LogP contribution in [0.15, 0.2) is 34.9 Å². The summed E-state index contributed by atoms with van der Waals surface area (Å²) in [6.45, 7) is 2.55. The van der Waals surface area contributed by atoms with E-state index in [2.05, 4.69) is 31.7 Å². The van der Waals surface area contributed by atoms with Gasteiger partial charge < -0.3 is 16.4 Å². The molecule has 2 rings (SSSR count). The summed E-state index contributed by atoms with van der Waals surface area (Å²) >= 11 is 8.58. The van der Waals surface area contributed by atoms with Crippen LogP contribution in [0.2, 0.25) is 0 Å². The van der Waals surface area contributed by atoms with E-state index in [0.717, 1.165) is 10.2 Å². The van der Waals surface area contributed by atoms with Gasteiger partial charge in [-0.1, -0.05) is 15.9 Å². The smallest absolute Gasteiger partial charge is 0.271 e. The zero-order valence-electron chi connectivity index (χ0n) is 11.3. The highest BCUT2D eigenvalue weighted by Crippen LogP contribution is 2.16. The van der Waals surface area contributed by atoms with Gasteiger partial charge in [0.05, 0.1) is 5.69 Å². The molecule has 21 heavy (non-hydrogen) atoms. The number of thiocarbonyl (C=S) groups is 1. The third kappa shape index (κ3) is 4.02. The Labute approximate surface area is 135 Å². The first-order chi connectivity index (χ1) is 9.99. The van der Waals surface area contributed by atoms with Gasteiger partial charge in [-0.25, -0.2) is 0 Å². The number of carbonyl (C=O) groups excluding carboxylic acids is 1. The normalized spacial score (nSPS) is 10.2. The summed E-state index contributed by atoms with van der Waals surface area (Å²) in [7, 11) is 0. The minimum Gasteiger partial charge on any atom is -0.364 e. The van der Waals surface area contributed by atoms with Crippen LogP contribution in [0.25, 0.3) is 0 Å². The summed E-state index contributed by atoms with van der Waals surface area (Å²) in [4.78, 5) is 11.4. The van der Waals surface area contributed by atoms with E-state index in [9.17, 15) is 4.79 Å². The summed E-state index contributed by atoms with van der Waals surface area (Å²) in [5.74, 6) is -0.601. The van der Waals surface area contributed by atoms with Gasteiger partial charge in [0.1, 0.15) is 0 Å². The van der Waals surface area contributed by atoms with Crippen molar-refractivity contribution in [2.75, 3.05) is 10.6 Å². The first kappa shape index (κ1) is 15.5. The van der Waals surface area contributed by atoms with Gasteiger partial charge in [0.25, 0.3) is 5.91 Å². The van der Waals surface area contributed by atoms with Crippen LogP contribution >= 0.6 is 28.1 Å². The SMILES string of the molecule is CCn1cc(NC(=S)Nc2ccc(Br)cc2)c(C(N)=O)n1. The van der Waals surface area contributed by atoms with E-state index in [4.69, 9.17) is 18.0 Å². The largest absolute Gasteiger partial charge is 0.364 e. The summed E-state index contributed by atoms with van der Waals surface area (Å²) in [6, 6.07) is 7.55. The maximum atomic E-state index is 11.4. The fraction of sp³-hybridized carbons (Fsp3) is 0.154. The Morgan fingerprint density at radius 3 is 2.62 bits per heavy atom. The molecule has 1 heterocycles.